The number of nitrogens with one attached hydrogen (secondary N) is 1. The molecule has 1 heterocycles. The van der Waals surface area contributed by atoms with Gasteiger partial charge in [-0.25, -0.2) is 4.79 Å². The normalized spacial score (nSPS) is 15.0. The fourth-order valence-electron chi connectivity index (χ4n) is 2.03. The molecule has 1 saturated carbocycles. The molecule has 0 aliphatic heterocycles. The lowest BCUT2D eigenvalue weighted by molar-refractivity contribution is 0.0236. The molecule has 0 aromatic carbocycles. The van der Waals surface area contributed by atoms with Crippen LogP contribution in [0.15, 0.2) is 11.4 Å². The van der Waals surface area contributed by atoms with Crippen molar-refractivity contribution in [2.45, 2.75) is 51.8 Å². The second kappa shape index (κ2) is 6.66. The molecule has 6 heteroatoms. The third kappa shape index (κ3) is 5.21. The predicted octanol–water partition coefficient (Wildman–Crippen LogP) is 2.82. The third-order valence-corrected chi connectivity index (χ3v) is 4.15. The monoisotopic (exact) mass is 311 g/mol. The number of hydrogen-bond acceptors (Lipinski definition) is 5. The number of ether oxygens (including phenoxy) is 1. The number of anilines is 1. The van der Waals surface area contributed by atoms with Crippen molar-refractivity contribution in [2.75, 3.05) is 18.8 Å². The van der Waals surface area contributed by atoms with E-state index < -0.39 is 5.60 Å². The molecule has 0 saturated heterocycles. The second-order valence-electron chi connectivity index (χ2n) is 6.38. The summed E-state index contributed by atoms with van der Waals surface area (Å²) in [4.78, 5) is 15.2. The number of amides is 1. The summed E-state index contributed by atoms with van der Waals surface area (Å²) in [6.07, 6.45) is 1.95. The van der Waals surface area contributed by atoms with E-state index in [9.17, 15) is 4.79 Å². The number of nitrogens with zero attached hydrogens (tertiary/aromatic N) is 1. The van der Waals surface area contributed by atoms with E-state index >= 15 is 0 Å². The van der Waals surface area contributed by atoms with Gasteiger partial charge in [0.05, 0.1) is 0 Å². The molecule has 1 amide bonds. The Morgan fingerprint density at radius 2 is 2.24 bits per heavy atom. The number of hydrogen-bond donors (Lipinski definition) is 2. The maximum Gasteiger partial charge on any atom is 0.410 e. The topological polar surface area (TPSA) is 67.6 Å². The molecule has 0 radical (unpaired) electrons. The van der Waals surface area contributed by atoms with Gasteiger partial charge in [-0.3, -0.25) is 0 Å². The maximum atomic E-state index is 12.2. The minimum absolute atomic E-state index is 0.206. The molecule has 1 aromatic heterocycles. The van der Waals surface area contributed by atoms with E-state index in [1.807, 2.05) is 37.1 Å². The van der Waals surface area contributed by atoms with Crippen LogP contribution in [0, 0.1) is 0 Å². The van der Waals surface area contributed by atoms with Crippen LogP contribution >= 0.6 is 11.3 Å². The Balaban J connectivity index is 1.76. The lowest BCUT2D eigenvalue weighted by atomic mass is 10.2. The standard InChI is InChI=1S/C15H25N3O2S/c1-15(2,3)20-14(19)18(11-4-5-11)8-7-17-10-13-12(16)6-9-21-13/h6,9,11,17H,4-5,7-8,10,16H2,1-3H3. The van der Waals surface area contributed by atoms with Gasteiger partial charge >= 0.3 is 6.09 Å². The highest BCUT2D eigenvalue weighted by atomic mass is 32.1. The van der Waals surface area contributed by atoms with Crippen molar-refractivity contribution in [2.24, 2.45) is 0 Å². The lowest BCUT2D eigenvalue weighted by Gasteiger charge is -2.27. The van der Waals surface area contributed by atoms with Gasteiger partial charge in [0.25, 0.3) is 0 Å². The van der Waals surface area contributed by atoms with E-state index in [1.54, 1.807) is 11.3 Å². The maximum absolute atomic E-state index is 12.2. The molecule has 118 valence electrons. The molecule has 0 atom stereocenters. The fraction of sp³-hybridized carbons (Fsp3) is 0.667. The zero-order chi connectivity index (χ0) is 15.5. The van der Waals surface area contributed by atoms with Crippen molar-refractivity contribution < 1.29 is 9.53 Å². The summed E-state index contributed by atoms with van der Waals surface area (Å²) in [7, 11) is 0. The van der Waals surface area contributed by atoms with Crippen molar-refractivity contribution in [3.63, 3.8) is 0 Å². The van der Waals surface area contributed by atoms with E-state index in [0.717, 1.165) is 36.5 Å². The van der Waals surface area contributed by atoms with Gasteiger partial charge in [0.2, 0.25) is 0 Å². The van der Waals surface area contributed by atoms with Crippen molar-refractivity contribution in [3.8, 4) is 0 Å². The van der Waals surface area contributed by atoms with Crippen molar-refractivity contribution in [1.82, 2.24) is 10.2 Å². The van der Waals surface area contributed by atoms with Crippen LogP contribution in [0.4, 0.5) is 10.5 Å². The van der Waals surface area contributed by atoms with Crippen LogP contribution in [-0.4, -0.2) is 35.7 Å². The van der Waals surface area contributed by atoms with E-state index in [2.05, 4.69) is 5.32 Å². The first-order valence-corrected chi connectivity index (χ1v) is 8.27. The molecule has 1 aliphatic carbocycles. The summed E-state index contributed by atoms with van der Waals surface area (Å²) in [6, 6.07) is 2.27. The van der Waals surface area contributed by atoms with Crippen LogP contribution in [0.5, 0.6) is 0 Å². The highest BCUT2D eigenvalue weighted by molar-refractivity contribution is 7.10. The van der Waals surface area contributed by atoms with E-state index in [4.69, 9.17) is 10.5 Å². The summed E-state index contributed by atoms with van der Waals surface area (Å²) in [5, 5.41) is 5.33. The van der Waals surface area contributed by atoms with Crippen LogP contribution in [0.3, 0.4) is 0 Å². The molecule has 1 fully saturated rings. The van der Waals surface area contributed by atoms with E-state index in [1.165, 1.54) is 0 Å². The Kier molecular flexibility index (Phi) is 5.11. The summed E-state index contributed by atoms with van der Waals surface area (Å²) in [6.45, 7) is 7.85. The zero-order valence-corrected chi connectivity index (χ0v) is 13.8. The van der Waals surface area contributed by atoms with Crippen molar-refractivity contribution in [3.05, 3.63) is 16.3 Å². The van der Waals surface area contributed by atoms with Gasteiger partial charge in [0.15, 0.2) is 0 Å². The number of rotatable bonds is 6. The summed E-state index contributed by atoms with van der Waals surface area (Å²) in [5.74, 6) is 0. The highest BCUT2D eigenvalue weighted by Crippen LogP contribution is 2.28. The highest BCUT2D eigenvalue weighted by Gasteiger charge is 2.34. The number of carbonyl (C=O) groups excluding carboxylic acids is 1. The largest absolute Gasteiger partial charge is 0.444 e. The molecule has 0 unspecified atom stereocenters. The second-order valence-corrected chi connectivity index (χ2v) is 7.38. The molecule has 1 aromatic rings. The number of carbonyl (C=O) groups is 1. The van der Waals surface area contributed by atoms with E-state index in [-0.39, 0.29) is 6.09 Å². The Labute approximate surface area is 130 Å². The minimum Gasteiger partial charge on any atom is -0.444 e. The summed E-state index contributed by atoms with van der Waals surface area (Å²) >= 11 is 1.65. The summed E-state index contributed by atoms with van der Waals surface area (Å²) in [5.41, 5.74) is 6.24. The number of nitrogens with two attached hydrogens (primary N) is 1. The first-order chi connectivity index (χ1) is 9.87. The molecule has 5 nitrogen and oxygen atoms in total. The SMILES string of the molecule is CC(C)(C)OC(=O)N(CCNCc1sccc1N)C1CC1. The Hall–Kier alpha value is -1.27. The number of thiophene rings is 1. The first kappa shape index (κ1) is 16.1. The van der Waals surface area contributed by atoms with Crippen LogP contribution in [0.2, 0.25) is 0 Å². The van der Waals surface area contributed by atoms with Crippen molar-refractivity contribution >= 4 is 23.1 Å². The molecule has 21 heavy (non-hydrogen) atoms. The fourth-order valence-corrected chi connectivity index (χ4v) is 2.79. The third-order valence-electron chi connectivity index (χ3n) is 3.21. The summed E-state index contributed by atoms with van der Waals surface area (Å²) < 4.78 is 5.46. The molecule has 2 rings (SSSR count). The molecular formula is C15H25N3O2S. The Bertz CT molecular complexity index is 478. The van der Waals surface area contributed by atoms with Crippen LogP contribution in [-0.2, 0) is 11.3 Å². The molecule has 0 bridgehead atoms. The zero-order valence-electron chi connectivity index (χ0n) is 13.0. The van der Waals surface area contributed by atoms with Gasteiger partial charge in [0.1, 0.15) is 5.60 Å². The molecule has 1 aliphatic rings. The Morgan fingerprint density at radius 3 is 2.76 bits per heavy atom. The molecule has 0 spiro atoms. The quantitative estimate of drug-likeness (QED) is 0.793. The lowest BCUT2D eigenvalue weighted by Crippen LogP contribution is -2.41. The van der Waals surface area contributed by atoms with Crippen molar-refractivity contribution in [1.29, 1.82) is 0 Å². The Morgan fingerprint density at radius 1 is 1.52 bits per heavy atom. The van der Waals surface area contributed by atoms with Gasteiger partial charge < -0.3 is 20.7 Å². The van der Waals surface area contributed by atoms with Gasteiger partial charge in [-0.15, -0.1) is 11.3 Å². The van der Waals surface area contributed by atoms with Gasteiger partial charge in [0, 0.05) is 36.2 Å². The average molecular weight is 311 g/mol. The molecule has 3 N–H and O–H groups in total. The molecular weight excluding hydrogens is 286 g/mol. The first-order valence-electron chi connectivity index (χ1n) is 7.39. The van der Waals surface area contributed by atoms with E-state index in [0.29, 0.717) is 12.6 Å². The average Bonchev–Trinajstić information content (AvgIpc) is 3.11. The van der Waals surface area contributed by atoms with Crippen LogP contribution in [0.1, 0.15) is 38.5 Å². The smallest absolute Gasteiger partial charge is 0.410 e. The van der Waals surface area contributed by atoms with Crippen LogP contribution in [0.25, 0.3) is 0 Å². The van der Waals surface area contributed by atoms with Gasteiger partial charge in [-0.2, -0.15) is 0 Å². The van der Waals surface area contributed by atoms with Gasteiger partial charge in [-0.05, 0) is 45.1 Å². The van der Waals surface area contributed by atoms with Crippen LogP contribution < -0.4 is 11.1 Å². The predicted molar refractivity (Wildman–Crippen MR) is 86.4 cm³/mol. The number of nitrogen functional groups attached to an aromatic ring is 1. The minimum atomic E-state index is -0.441. The van der Waals surface area contributed by atoms with Gasteiger partial charge in [-0.1, -0.05) is 0 Å².